The normalized spacial score (nSPS) is 11.5. The van der Waals surface area contributed by atoms with Crippen molar-refractivity contribution in [1.29, 1.82) is 0 Å². The predicted molar refractivity (Wildman–Crippen MR) is 38.8 cm³/mol. The second-order valence-corrected chi connectivity index (χ2v) is 3.54. The first-order valence-electron chi connectivity index (χ1n) is 2.89. The highest BCUT2D eigenvalue weighted by Crippen LogP contribution is 2.09. The molecule has 0 bridgehead atoms. The number of benzene rings is 1. The molecular weight excluding hydrogens is 166 g/mol. The van der Waals surface area contributed by atoms with Gasteiger partial charge in [0.25, 0.3) is 10.1 Å². The molecule has 0 spiro atoms. The highest BCUT2D eigenvalue weighted by atomic mass is 32.2. The molecular formula is C6H8NO3S+. The molecule has 5 heteroatoms. The van der Waals surface area contributed by atoms with Crippen molar-refractivity contribution < 1.29 is 18.7 Å². The zero-order valence-electron chi connectivity index (χ0n) is 5.69. The van der Waals surface area contributed by atoms with Crippen LogP contribution in [0.5, 0.6) is 0 Å². The SMILES string of the molecule is [NH3+]c1ccc(S(=O)(=O)O)cc1. The minimum atomic E-state index is -4.05. The van der Waals surface area contributed by atoms with Gasteiger partial charge in [0, 0.05) is 12.1 Å². The van der Waals surface area contributed by atoms with Crippen LogP contribution in [0, 0.1) is 0 Å². The fourth-order valence-corrected chi connectivity index (χ4v) is 1.14. The molecule has 0 atom stereocenters. The van der Waals surface area contributed by atoms with Crippen molar-refractivity contribution >= 4 is 15.8 Å². The van der Waals surface area contributed by atoms with E-state index < -0.39 is 10.1 Å². The molecule has 0 aliphatic carbocycles. The van der Waals surface area contributed by atoms with Crippen molar-refractivity contribution in [2.24, 2.45) is 0 Å². The van der Waals surface area contributed by atoms with Gasteiger partial charge in [0.2, 0.25) is 0 Å². The van der Waals surface area contributed by atoms with E-state index in [2.05, 4.69) is 5.73 Å². The molecule has 4 nitrogen and oxygen atoms in total. The number of quaternary nitrogens is 1. The molecule has 0 saturated heterocycles. The van der Waals surface area contributed by atoms with Gasteiger partial charge in [-0.05, 0) is 12.1 Å². The van der Waals surface area contributed by atoms with Gasteiger partial charge < -0.3 is 5.73 Å². The second kappa shape index (κ2) is 2.61. The average Bonchev–Trinajstić information content (AvgIpc) is 1.86. The fraction of sp³-hybridized carbons (Fsp3) is 0. The van der Waals surface area contributed by atoms with Gasteiger partial charge in [-0.15, -0.1) is 0 Å². The smallest absolute Gasteiger partial charge is 0.294 e. The van der Waals surface area contributed by atoms with E-state index in [9.17, 15) is 8.42 Å². The highest BCUT2D eigenvalue weighted by Gasteiger charge is 2.07. The van der Waals surface area contributed by atoms with Crippen LogP contribution >= 0.6 is 0 Å². The summed E-state index contributed by atoms with van der Waals surface area (Å²) in [6.45, 7) is 0. The minimum absolute atomic E-state index is 0.107. The molecule has 0 saturated carbocycles. The van der Waals surface area contributed by atoms with E-state index in [0.29, 0.717) is 5.69 Å². The summed E-state index contributed by atoms with van der Waals surface area (Å²) in [4.78, 5) is -0.107. The first kappa shape index (κ1) is 8.19. The topological polar surface area (TPSA) is 82.0 Å². The number of hydrogen-bond acceptors (Lipinski definition) is 2. The van der Waals surface area contributed by atoms with Crippen LogP contribution in [-0.4, -0.2) is 13.0 Å². The molecule has 0 aromatic heterocycles. The van der Waals surface area contributed by atoms with Crippen molar-refractivity contribution in [3.63, 3.8) is 0 Å². The molecule has 0 aliphatic heterocycles. The molecule has 11 heavy (non-hydrogen) atoms. The highest BCUT2D eigenvalue weighted by molar-refractivity contribution is 7.85. The van der Waals surface area contributed by atoms with E-state index in [0.717, 1.165) is 0 Å². The fourth-order valence-electron chi connectivity index (χ4n) is 0.661. The molecule has 60 valence electrons. The maximum Gasteiger partial charge on any atom is 0.294 e. The summed E-state index contributed by atoms with van der Waals surface area (Å²) in [5.74, 6) is 0. The third-order valence-electron chi connectivity index (χ3n) is 1.22. The van der Waals surface area contributed by atoms with Crippen LogP contribution in [0.25, 0.3) is 0 Å². The summed E-state index contributed by atoms with van der Waals surface area (Å²) < 4.78 is 29.5. The molecule has 0 unspecified atom stereocenters. The molecule has 4 N–H and O–H groups in total. The standard InChI is InChI=1S/C6H7NO3S/c7-5-1-3-6(4-2-5)11(8,9)10/h1-4H,7H2,(H,8,9,10)/p+1. The molecule has 1 aromatic rings. The lowest BCUT2D eigenvalue weighted by Crippen LogP contribution is -2.39. The van der Waals surface area contributed by atoms with Crippen LogP contribution < -0.4 is 5.73 Å². The van der Waals surface area contributed by atoms with E-state index in [1.54, 1.807) is 0 Å². The molecule has 0 radical (unpaired) electrons. The Labute approximate surface area is 64.4 Å². The summed E-state index contributed by atoms with van der Waals surface area (Å²) in [6, 6.07) is 5.64. The van der Waals surface area contributed by atoms with Gasteiger partial charge in [-0.2, -0.15) is 8.42 Å². The molecule has 1 rings (SSSR count). The van der Waals surface area contributed by atoms with E-state index in [-0.39, 0.29) is 4.90 Å². The Kier molecular flexibility index (Phi) is 1.95. The quantitative estimate of drug-likeness (QED) is 0.579. The van der Waals surface area contributed by atoms with E-state index in [1.807, 2.05) is 0 Å². The van der Waals surface area contributed by atoms with Gasteiger partial charge in [0.15, 0.2) is 0 Å². The Morgan fingerprint density at radius 1 is 1.18 bits per heavy atom. The van der Waals surface area contributed by atoms with Crippen LogP contribution in [0.1, 0.15) is 0 Å². The Hall–Kier alpha value is -0.910. The van der Waals surface area contributed by atoms with Crippen LogP contribution in [0.2, 0.25) is 0 Å². The van der Waals surface area contributed by atoms with Gasteiger partial charge >= 0.3 is 0 Å². The largest absolute Gasteiger partial charge is 0.325 e. The average molecular weight is 174 g/mol. The summed E-state index contributed by atoms with van der Waals surface area (Å²) in [7, 11) is -4.05. The Morgan fingerprint density at radius 2 is 1.64 bits per heavy atom. The van der Waals surface area contributed by atoms with Gasteiger partial charge in [-0.1, -0.05) is 0 Å². The zero-order chi connectivity index (χ0) is 8.48. The van der Waals surface area contributed by atoms with Gasteiger partial charge in [-0.25, -0.2) is 0 Å². The second-order valence-electron chi connectivity index (χ2n) is 2.12. The Bertz CT molecular complexity index is 341. The lowest BCUT2D eigenvalue weighted by Gasteiger charge is -1.93. The van der Waals surface area contributed by atoms with Gasteiger partial charge in [0.05, 0.1) is 4.90 Å². The van der Waals surface area contributed by atoms with Gasteiger partial charge in [-0.3, -0.25) is 4.55 Å². The summed E-state index contributed by atoms with van der Waals surface area (Å²) in [5.41, 5.74) is 4.27. The first-order valence-corrected chi connectivity index (χ1v) is 4.34. The molecule has 0 amide bonds. The molecule has 0 aliphatic rings. The van der Waals surface area contributed by atoms with Crippen molar-refractivity contribution in [3.8, 4) is 0 Å². The van der Waals surface area contributed by atoms with E-state index in [1.165, 1.54) is 24.3 Å². The van der Waals surface area contributed by atoms with E-state index >= 15 is 0 Å². The number of rotatable bonds is 1. The lowest BCUT2D eigenvalue weighted by molar-refractivity contribution is -0.254. The zero-order valence-corrected chi connectivity index (χ0v) is 6.50. The molecule has 0 heterocycles. The van der Waals surface area contributed by atoms with E-state index in [4.69, 9.17) is 4.55 Å². The number of hydrogen-bond donors (Lipinski definition) is 2. The van der Waals surface area contributed by atoms with Crippen molar-refractivity contribution in [3.05, 3.63) is 24.3 Å². The van der Waals surface area contributed by atoms with Crippen molar-refractivity contribution in [1.82, 2.24) is 0 Å². The third kappa shape index (κ3) is 2.01. The summed E-state index contributed by atoms with van der Waals surface area (Å²) >= 11 is 0. The van der Waals surface area contributed by atoms with Crippen LogP contribution in [0.15, 0.2) is 29.2 Å². The van der Waals surface area contributed by atoms with Crippen molar-refractivity contribution in [2.45, 2.75) is 4.90 Å². The van der Waals surface area contributed by atoms with Crippen LogP contribution in [0.3, 0.4) is 0 Å². The minimum Gasteiger partial charge on any atom is -0.325 e. The van der Waals surface area contributed by atoms with Crippen LogP contribution in [0.4, 0.5) is 5.69 Å². The van der Waals surface area contributed by atoms with Crippen LogP contribution in [-0.2, 0) is 10.1 Å². The summed E-state index contributed by atoms with van der Waals surface area (Å²) in [5, 5.41) is 0. The molecule has 0 fully saturated rings. The predicted octanol–water partition coefficient (Wildman–Crippen LogP) is -0.193. The Balaban J connectivity index is 3.20. The first-order chi connectivity index (χ1) is 5.00. The van der Waals surface area contributed by atoms with Crippen molar-refractivity contribution in [2.75, 3.05) is 0 Å². The van der Waals surface area contributed by atoms with Gasteiger partial charge in [0.1, 0.15) is 5.69 Å². The molecule has 1 aromatic carbocycles. The maximum absolute atomic E-state index is 10.5. The third-order valence-corrected chi connectivity index (χ3v) is 2.09. The monoisotopic (exact) mass is 174 g/mol. The maximum atomic E-state index is 10.5. The lowest BCUT2D eigenvalue weighted by atomic mass is 10.3. The Morgan fingerprint density at radius 3 is 2.00 bits per heavy atom. The summed E-state index contributed by atoms with van der Waals surface area (Å²) in [6.07, 6.45) is 0.